The highest BCUT2D eigenvalue weighted by atomic mass is 19.1. The number of hydrogen-bond donors (Lipinski definition) is 1. The van der Waals surface area contributed by atoms with Crippen LogP contribution in [0.1, 0.15) is 23.6 Å². The van der Waals surface area contributed by atoms with Gasteiger partial charge in [-0.05, 0) is 54.4 Å². The van der Waals surface area contributed by atoms with Crippen LogP contribution in [0.5, 0.6) is 0 Å². The summed E-state index contributed by atoms with van der Waals surface area (Å²) in [5.74, 6) is -0.172. The van der Waals surface area contributed by atoms with Gasteiger partial charge < -0.3 is 5.73 Å². The van der Waals surface area contributed by atoms with E-state index in [2.05, 4.69) is 11.8 Å². The first-order chi connectivity index (χ1) is 9.58. The summed E-state index contributed by atoms with van der Waals surface area (Å²) in [5.41, 5.74) is 9.86. The minimum absolute atomic E-state index is 0.172. The van der Waals surface area contributed by atoms with Crippen molar-refractivity contribution in [2.24, 2.45) is 0 Å². The maximum absolute atomic E-state index is 13.3. The fourth-order valence-electron chi connectivity index (χ4n) is 2.21. The van der Waals surface area contributed by atoms with Crippen molar-refractivity contribution < 1.29 is 4.39 Å². The third-order valence-corrected chi connectivity index (χ3v) is 3.54. The molecule has 0 atom stereocenters. The molecule has 0 unspecified atom stereocenters. The van der Waals surface area contributed by atoms with Crippen LogP contribution in [0.3, 0.4) is 0 Å². The van der Waals surface area contributed by atoms with Gasteiger partial charge in [-0.1, -0.05) is 25.1 Å². The maximum Gasteiger partial charge on any atom is 0.123 e. The van der Waals surface area contributed by atoms with E-state index in [-0.39, 0.29) is 5.82 Å². The zero-order valence-electron chi connectivity index (χ0n) is 12.1. The number of benzene rings is 2. The van der Waals surface area contributed by atoms with Crippen LogP contribution in [-0.2, 0) is 13.1 Å². The normalized spacial score (nSPS) is 11.0. The summed E-state index contributed by atoms with van der Waals surface area (Å²) in [6.07, 6.45) is 0. The third-order valence-electron chi connectivity index (χ3n) is 3.54. The van der Waals surface area contributed by atoms with E-state index < -0.39 is 0 Å². The summed E-state index contributed by atoms with van der Waals surface area (Å²) in [6.45, 7) is 6.65. The number of nitrogens with zero attached hydrogens (tertiary/aromatic N) is 1. The zero-order chi connectivity index (χ0) is 14.5. The predicted molar refractivity (Wildman–Crippen MR) is 81.8 cm³/mol. The van der Waals surface area contributed by atoms with Gasteiger partial charge in [-0.2, -0.15) is 0 Å². The molecule has 2 aromatic rings. The Morgan fingerprint density at radius 2 is 1.75 bits per heavy atom. The molecule has 106 valence electrons. The van der Waals surface area contributed by atoms with E-state index in [1.165, 1.54) is 11.6 Å². The van der Waals surface area contributed by atoms with Crippen molar-refractivity contribution in [2.45, 2.75) is 26.9 Å². The number of aryl methyl sites for hydroxylation is 1. The Labute approximate surface area is 120 Å². The molecule has 2 rings (SSSR count). The van der Waals surface area contributed by atoms with Crippen LogP contribution in [0.25, 0.3) is 0 Å². The van der Waals surface area contributed by atoms with Gasteiger partial charge in [0.25, 0.3) is 0 Å². The van der Waals surface area contributed by atoms with Crippen LogP contribution in [0.4, 0.5) is 10.1 Å². The van der Waals surface area contributed by atoms with Crippen molar-refractivity contribution in [2.75, 3.05) is 12.3 Å². The topological polar surface area (TPSA) is 29.3 Å². The average Bonchev–Trinajstić information content (AvgIpc) is 2.44. The molecular weight excluding hydrogens is 251 g/mol. The quantitative estimate of drug-likeness (QED) is 0.840. The van der Waals surface area contributed by atoms with Crippen LogP contribution >= 0.6 is 0 Å². The minimum atomic E-state index is -0.172. The summed E-state index contributed by atoms with van der Waals surface area (Å²) in [4.78, 5) is 2.29. The van der Waals surface area contributed by atoms with Crippen molar-refractivity contribution in [1.29, 1.82) is 0 Å². The van der Waals surface area contributed by atoms with Crippen molar-refractivity contribution in [1.82, 2.24) is 4.90 Å². The molecule has 0 radical (unpaired) electrons. The molecule has 0 heterocycles. The number of anilines is 1. The average molecular weight is 272 g/mol. The molecule has 2 nitrogen and oxygen atoms in total. The minimum Gasteiger partial charge on any atom is -0.399 e. The lowest BCUT2D eigenvalue weighted by Crippen LogP contribution is -2.22. The fraction of sp³-hybridized carbons (Fsp3) is 0.294. The van der Waals surface area contributed by atoms with Crippen LogP contribution in [0, 0.1) is 12.7 Å². The van der Waals surface area contributed by atoms with Crippen LogP contribution in [0.15, 0.2) is 42.5 Å². The fourth-order valence-corrected chi connectivity index (χ4v) is 2.21. The van der Waals surface area contributed by atoms with E-state index in [0.717, 1.165) is 36.4 Å². The van der Waals surface area contributed by atoms with E-state index in [9.17, 15) is 4.39 Å². The largest absolute Gasteiger partial charge is 0.399 e. The van der Waals surface area contributed by atoms with Gasteiger partial charge in [0.15, 0.2) is 0 Å². The van der Waals surface area contributed by atoms with Crippen molar-refractivity contribution in [3.05, 3.63) is 65.0 Å². The number of nitrogen functional groups attached to an aromatic ring is 1. The second-order valence-electron chi connectivity index (χ2n) is 5.12. The van der Waals surface area contributed by atoms with Gasteiger partial charge in [0.05, 0.1) is 0 Å². The predicted octanol–water partition coefficient (Wildman–Crippen LogP) is 3.74. The Balaban J connectivity index is 2.08. The van der Waals surface area contributed by atoms with E-state index in [1.54, 1.807) is 6.07 Å². The second kappa shape index (κ2) is 6.53. The molecule has 0 aromatic heterocycles. The molecule has 0 spiro atoms. The zero-order valence-corrected chi connectivity index (χ0v) is 12.1. The van der Waals surface area contributed by atoms with Crippen molar-refractivity contribution in [3.63, 3.8) is 0 Å². The Kier molecular flexibility index (Phi) is 4.74. The highest BCUT2D eigenvalue weighted by Crippen LogP contribution is 2.15. The molecule has 0 aliphatic rings. The Morgan fingerprint density at radius 1 is 1.05 bits per heavy atom. The van der Waals surface area contributed by atoms with Gasteiger partial charge in [-0.25, -0.2) is 4.39 Å². The van der Waals surface area contributed by atoms with E-state index in [1.807, 2.05) is 37.3 Å². The Hall–Kier alpha value is -1.87. The molecule has 2 aromatic carbocycles. The Bertz CT molecular complexity index is 564. The smallest absolute Gasteiger partial charge is 0.123 e. The van der Waals surface area contributed by atoms with E-state index >= 15 is 0 Å². The lowest BCUT2D eigenvalue weighted by Gasteiger charge is -2.21. The molecule has 0 fully saturated rings. The van der Waals surface area contributed by atoms with Gasteiger partial charge in [0.1, 0.15) is 5.82 Å². The Morgan fingerprint density at radius 3 is 2.40 bits per heavy atom. The lowest BCUT2D eigenvalue weighted by atomic mass is 10.1. The molecule has 0 saturated carbocycles. The van der Waals surface area contributed by atoms with Gasteiger partial charge >= 0.3 is 0 Å². The summed E-state index contributed by atoms with van der Waals surface area (Å²) >= 11 is 0. The van der Waals surface area contributed by atoms with E-state index in [0.29, 0.717) is 0 Å². The second-order valence-corrected chi connectivity index (χ2v) is 5.12. The molecule has 0 aliphatic carbocycles. The number of hydrogen-bond acceptors (Lipinski definition) is 2. The molecule has 20 heavy (non-hydrogen) atoms. The van der Waals surface area contributed by atoms with Crippen molar-refractivity contribution in [3.8, 4) is 0 Å². The molecule has 0 bridgehead atoms. The summed E-state index contributed by atoms with van der Waals surface area (Å²) < 4.78 is 13.3. The molecule has 2 N–H and O–H groups in total. The SMILES string of the molecule is CCN(Cc1ccc(N)cc1)Cc1cc(F)ccc1C. The molecular formula is C17H21FN2. The molecule has 0 saturated heterocycles. The monoisotopic (exact) mass is 272 g/mol. The summed E-state index contributed by atoms with van der Waals surface area (Å²) in [5, 5.41) is 0. The number of halogens is 1. The standard InChI is InChI=1S/C17H21FN2/c1-3-20(11-14-5-8-17(19)9-6-14)12-15-10-16(18)7-4-13(15)2/h4-10H,3,11-12,19H2,1-2H3. The van der Waals surface area contributed by atoms with E-state index in [4.69, 9.17) is 5.73 Å². The van der Waals surface area contributed by atoms with Crippen molar-refractivity contribution >= 4 is 5.69 Å². The van der Waals surface area contributed by atoms with Crippen LogP contribution < -0.4 is 5.73 Å². The number of nitrogens with two attached hydrogens (primary N) is 1. The van der Waals surface area contributed by atoms with Gasteiger partial charge in [-0.15, -0.1) is 0 Å². The summed E-state index contributed by atoms with van der Waals surface area (Å²) in [6, 6.07) is 12.9. The number of rotatable bonds is 5. The highest BCUT2D eigenvalue weighted by Gasteiger charge is 2.08. The first-order valence-corrected chi connectivity index (χ1v) is 6.90. The molecule has 0 amide bonds. The third kappa shape index (κ3) is 3.81. The van der Waals surface area contributed by atoms with Crippen LogP contribution in [0.2, 0.25) is 0 Å². The van der Waals surface area contributed by atoms with Crippen LogP contribution in [-0.4, -0.2) is 11.4 Å². The van der Waals surface area contributed by atoms with Gasteiger partial charge in [0, 0.05) is 18.8 Å². The lowest BCUT2D eigenvalue weighted by molar-refractivity contribution is 0.270. The molecule has 0 aliphatic heterocycles. The highest BCUT2D eigenvalue weighted by molar-refractivity contribution is 5.39. The first kappa shape index (κ1) is 14.5. The van der Waals surface area contributed by atoms with Gasteiger partial charge in [-0.3, -0.25) is 4.90 Å². The summed E-state index contributed by atoms with van der Waals surface area (Å²) in [7, 11) is 0. The maximum atomic E-state index is 13.3. The van der Waals surface area contributed by atoms with Gasteiger partial charge in [0.2, 0.25) is 0 Å². The molecule has 3 heteroatoms. The first-order valence-electron chi connectivity index (χ1n) is 6.90.